The first kappa shape index (κ1) is 24.2. The second-order valence-corrected chi connectivity index (χ2v) is 7.19. The molecule has 0 aliphatic rings. The van der Waals surface area contributed by atoms with Crippen LogP contribution in [0.4, 0.5) is 11.6 Å². The van der Waals surface area contributed by atoms with Gasteiger partial charge in [0.15, 0.2) is 28.4 Å². The van der Waals surface area contributed by atoms with E-state index in [-0.39, 0.29) is 35.0 Å². The lowest BCUT2D eigenvalue weighted by Crippen LogP contribution is -2.41. The SMILES string of the molecule is CCC(O)COc1ccccc1CCCCNC(=N)NC(=O)c1nc(Cl)c(N)nc1N. The molecule has 168 valence electrons. The van der Waals surface area contributed by atoms with Crippen LogP contribution in [0, 0.1) is 5.41 Å². The molecule has 1 unspecified atom stereocenters. The maximum Gasteiger partial charge on any atom is 0.280 e. The molecule has 1 aromatic carbocycles. The van der Waals surface area contributed by atoms with Crippen molar-refractivity contribution in [1.82, 2.24) is 20.6 Å². The fourth-order valence-electron chi connectivity index (χ4n) is 2.63. The number of guanidine groups is 1. The highest BCUT2D eigenvalue weighted by Crippen LogP contribution is 2.20. The van der Waals surface area contributed by atoms with Crippen molar-refractivity contribution < 1.29 is 14.6 Å². The third-order valence-corrected chi connectivity index (χ3v) is 4.69. The molecule has 1 amide bonds. The molecule has 31 heavy (non-hydrogen) atoms. The number of nitrogens with zero attached hydrogens (tertiary/aromatic N) is 2. The molecular weight excluding hydrogens is 422 g/mol. The van der Waals surface area contributed by atoms with E-state index < -0.39 is 12.0 Å². The smallest absolute Gasteiger partial charge is 0.280 e. The molecular formula is C20H28ClN7O3. The molecule has 0 fully saturated rings. The minimum atomic E-state index is -0.704. The molecule has 2 aromatic rings. The summed E-state index contributed by atoms with van der Waals surface area (Å²) >= 11 is 5.76. The minimum Gasteiger partial charge on any atom is -0.491 e. The Balaban J connectivity index is 1.74. The number of aliphatic hydroxyl groups excluding tert-OH is 1. The molecule has 0 saturated carbocycles. The molecule has 8 N–H and O–H groups in total. The van der Waals surface area contributed by atoms with Crippen molar-refractivity contribution in [3.05, 3.63) is 40.7 Å². The fraction of sp³-hybridized carbons (Fsp3) is 0.400. The van der Waals surface area contributed by atoms with Crippen molar-refractivity contribution in [1.29, 1.82) is 5.41 Å². The summed E-state index contributed by atoms with van der Waals surface area (Å²) in [5.74, 6) is -0.359. The number of hydrogen-bond donors (Lipinski definition) is 6. The van der Waals surface area contributed by atoms with Gasteiger partial charge in [-0.05, 0) is 37.3 Å². The number of nitrogens with two attached hydrogens (primary N) is 2. The number of carbonyl (C=O) groups excluding carboxylic acids is 1. The number of nitrogens with one attached hydrogen (secondary N) is 3. The number of unbranched alkanes of at least 4 members (excludes halogenated alkanes) is 1. The summed E-state index contributed by atoms with van der Waals surface area (Å²) in [7, 11) is 0. The molecule has 0 bridgehead atoms. The zero-order valence-corrected chi connectivity index (χ0v) is 18.1. The van der Waals surface area contributed by atoms with E-state index in [4.69, 9.17) is 33.2 Å². The van der Waals surface area contributed by atoms with Crippen LogP contribution in [0.2, 0.25) is 5.15 Å². The Hall–Kier alpha value is -3.11. The van der Waals surface area contributed by atoms with Gasteiger partial charge in [0.25, 0.3) is 5.91 Å². The average molecular weight is 450 g/mol. The number of halogens is 1. The van der Waals surface area contributed by atoms with Gasteiger partial charge in [0.2, 0.25) is 0 Å². The predicted octanol–water partition coefficient (Wildman–Crippen LogP) is 1.72. The van der Waals surface area contributed by atoms with Gasteiger partial charge in [-0.2, -0.15) is 0 Å². The van der Waals surface area contributed by atoms with E-state index in [9.17, 15) is 9.90 Å². The Kier molecular flexibility index (Phi) is 9.29. The molecule has 0 aliphatic heterocycles. The van der Waals surface area contributed by atoms with E-state index in [1.165, 1.54) is 0 Å². The van der Waals surface area contributed by atoms with Crippen molar-refractivity contribution in [2.24, 2.45) is 0 Å². The first-order valence-electron chi connectivity index (χ1n) is 9.92. The molecule has 0 aliphatic carbocycles. The summed E-state index contributed by atoms with van der Waals surface area (Å²) in [5, 5.41) is 22.6. The summed E-state index contributed by atoms with van der Waals surface area (Å²) in [6.45, 7) is 2.65. The topological polar surface area (TPSA) is 172 Å². The molecule has 2 rings (SSSR count). The lowest BCUT2D eigenvalue weighted by molar-refractivity contribution is 0.0971. The molecule has 1 heterocycles. The van der Waals surface area contributed by atoms with Gasteiger partial charge in [0.05, 0.1) is 6.10 Å². The number of aryl methyl sites for hydroxylation is 1. The number of rotatable bonds is 10. The normalized spacial score (nSPS) is 11.6. The van der Waals surface area contributed by atoms with Crippen LogP contribution < -0.4 is 26.8 Å². The highest BCUT2D eigenvalue weighted by molar-refractivity contribution is 6.31. The third kappa shape index (κ3) is 7.58. The highest BCUT2D eigenvalue weighted by atomic mass is 35.5. The lowest BCUT2D eigenvalue weighted by atomic mass is 10.1. The Morgan fingerprint density at radius 3 is 2.74 bits per heavy atom. The zero-order valence-electron chi connectivity index (χ0n) is 17.3. The van der Waals surface area contributed by atoms with Crippen LogP contribution in [0.1, 0.15) is 42.2 Å². The van der Waals surface area contributed by atoms with E-state index in [1.54, 1.807) is 0 Å². The standard InChI is InChI=1S/C20H28ClN7O3/c1-2-13(29)11-31-14-9-4-3-7-12(14)8-5-6-10-25-20(24)28-19(30)15-17(22)27-18(23)16(21)26-15/h3-4,7,9,13,29H,2,5-6,8,10-11H2,1H3,(H4,22,23,27)(H3,24,25,28,30). The summed E-state index contributed by atoms with van der Waals surface area (Å²) in [6.07, 6.45) is 2.55. The molecule has 0 spiro atoms. The van der Waals surface area contributed by atoms with Gasteiger partial charge < -0.3 is 26.6 Å². The van der Waals surface area contributed by atoms with Crippen LogP contribution in [-0.4, -0.2) is 46.2 Å². The number of nitrogen functional groups attached to an aromatic ring is 2. The van der Waals surface area contributed by atoms with Crippen molar-refractivity contribution in [2.45, 2.75) is 38.7 Å². The number of para-hydroxylation sites is 1. The minimum absolute atomic E-state index is 0.0718. The fourth-order valence-corrected chi connectivity index (χ4v) is 2.76. The lowest BCUT2D eigenvalue weighted by Gasteiger charge is -2.14. The summed E-state index contributed by atoms with van der Waals surface area (Å²) in [6, 6.07) is 7.72. The molecule has 1 aromatic heterocycles. The van der Waals surface area contributed by atoms with Crippen LogP contribution in [0.3, 0.4) is 0 Å². The molecule has 10 nitrogen and oxygen atoms in total. The Morgan fingerprint density at radius 2 is 2.00 bits per heavy atom. The van der Waals surface area contributed by atoms with Crippen LogP contribution in [-0.2, 0) is 6.42 Å². The number of benzene rings is 1. The first-order chi connectivity index (χ1) is 14.8. The van der Waals surface area contributed by atoms with Gasteiger partial charge in [-0.3, -0.25) is 15.5 Å². The maximum atomic E-state index is 12.2. The number of hydrogen-bond acceptors (Lipinski definition) is 8. The number of ether oxygens (including phenoxy) is 1. The largest absolute Gasteiger partial charge is 0.491 e. The Bertz CT molecular complexity index is 910. The molecule has 0 saturated heterocycles. The van der Waals surface area contributed by atoms with Crippen LogP contribution in [0.15, 0.2) is 24.3 Å². The second kappa shape index (κ2) is 11.9. The van der Waals surface area contributed by atoms with Crippen LogP contribution in [0.25, 0.3) is 0 Å². The number of carbonyl (C=O) groups is 1. The van der Waals surface area contributed by atoms with Crippen molar-refractivity contribution in [3.63, 3.8) is 0 Å². The van der Waals surface area contributed by atoms with E-state index >= 15 is 0 Å². The number of aliphatic hydroxyl groups is 1. The van der Waals surface area contributed by atoms with Crippen LogP contribution in [0.5, 0.6) is 5.75 Å². The summed E-state index contributed by atoms with van der Waals surface area (Å²) in [5.41, 5.74) is 12.0. The van der Waals surface area contributed by atoms with Gasteiger partial charge in [-0.15, -0.1) is 0 Å². The summed E-state index contributed by atoms with van der Waals surface area (Å²) in [4.78, 5) is 19.7. The zero-order chi connectivity index (χ0) is 22.8. The Morgan fingerprint density at radius 1 is 1.26 bits per heavy atom. The predicted molar refractivity (Wildman–Crippen MR) is 120 cm³/mol. The van der Waals surface area contributed by atoms with E-state index in [1.807, 2.05) is 31.2 Å². The maximum absolute atomic E-state index is 12.2. The third-order valence-electron chi connectivity index (χ3n) is 4.41. The van der Waals surface area contributed by atoms with E-state index in [0.29, 0.717) is 13.0 Å². The van der Waals surface area contributed by atoms with Crippen molar-refractivity contribution in [2.75, 3.05) is 24.6 Å². The van der Waals surface area contributed by atoms with Crippen molar-refractivity contribution in [3.8, 4) is 5.75 Å². The highest BCUT2D eigenvalue weighted by Gasteiger charge is 2.17. The van der Waals surface area contributed by atoms with Gasteiger partial charge >= 0.3 is 0 Å². The number of anilines is 2. The number of amides is 1. The molecule has 11 heteroatoms. The van der Waals surface area contributed by atoms with E-state index in [0.717, 1.165) is 30.6 Å². The van der Waals surface area contributed by atoms with Crippen molar-refractivity contribution >= 4 is 35.1 Å². The second-order valence-electron chi connectivity index (χ2n) is 6.83. The van der Waals surface area contributed by atoms with E-state index in [2.05, 4.69) is 20.6 Å². The Labute approximate surface area is 185 Å². The van der Waals surface area contributed by atoms with Gasteiger partial charge in [-0.25, -0.2) is 9.97 Å². The quantitative estimate of drug-likeness (QED) is 0.180. The molecule has 0 radical (unpaired) electrons. The average Bonchev–Trinajstić information content (AvgIpc) is 2.74. The number of aromatic nitrogens is 2. The monoisotopic (exact) mass is 449 g/mol. The molecule has 1 atom stereocenters. The van der Waals surface area contributed by atoms with Crippen LogP contribution >= 0.6 is 11.6 Å². The van der Waals surface area contributed by atoms with Gasteiger partial charge in [-0.1, -0.05) is 36.7 Å². The van der Waals surface area contributed by atoms with Gasteiger partial charge in [0.1, 0.15) is 12.4 Å². The van der Waals surface area contributed by atoms with Gasteiger partial charge in [0, 0.05) is 6.54 Å². The summed E-state index contributed by atoms with van der Waals surface area (Å²) < 4.78 is 5.71. The first-order valence-corrected chi connectivity index (χ1v) is 10.3.